The molecule has 0 aromatic carbocycles. The second-order valence-electron chi connectivity index (χ2n) is 3.49. The third-order valence-electron chi connectivity index (χ3n) is 1.89. The Morgan fingerprint density at radius 3 is 2.00 bits per heavy atom. The molecule has 0 saturated heterocycles. The summed E-state index contributed by atoms with van der Waals surface area (Å²) in [4.78, 5) is 21.0. The molecule has 2 N–H and O–H groups in total. The van der Waals surface area contributed by atoms with Gasteiger partial charge in [0.2, 0.25) is 0 Å². The molecule has 0 spiro atoms. The van der Waals surface area contributed by atoms with Crippen molar-refractivity contribution in [2.75, 3.05) is 6.61 Å². The molecule has 0 aliphatic rings. The Morgan fingerprint density at radius 1 is 1.20 bits per heavy atom. The second-order valence-corrected chi connectivity index (χ2v) is 3.49. The molecule has 0 atom stereocenters. The third-order valence-corrected chi connectivity index (χ3v) is 1.89. The van der Waals surface area contributed by atoms with Crippen LogP contribution in [0.1, 0.15) is 13.8 Å². The summed E-state index contributed by atoms with van der Waals surface area (Å²) in [5.74, 6) is -2.35. The molecule has 0 fully saturated rings. The Labute approximate surface area is 87.7 Å². The van der Waals surface area contributed by atoms with Gasteiger partial charge in [-0.3, -0.25) is 0 Å². The van der Waals surface area contributed by atoms with Crippen LogP contribution < -0.4 is 0 Å². The molecule has 0 aliphatic heterocycles. The van der Waals surface area contributed by atoms with Gasteiger partial charge in [-0.05, 0) is 13.8 Å². The lowest BCUT2D eigenvalue weighted by Gasteiger charge is -2.25. The van der Waals surface area contributed by atoms with Crippen molar-refractivity contribution in [3.63, 3.8) is 0 Å². The van der Waals surface area contributed by atoms with Crippen LogP contribution in [0.4, 0.5) is 0 Å². The fraction of sp³-hybridized carbons (Fsp3) is 0.400. The van der Waals surface area contributed by atoms with E-state index in [0.717, 1.165) is 0 Å². The lowest BCUT2D eigenvalue weighted by molar-refractivity contribution is -0.135. The normalized spacial score (nSPS) is 10.8. The highest BCUT2D eigenvalue weighted by Crippen LogP contribution is 2.20. The van der Waals surface area contributed by atoms with Gasteiger partial charge in [-0.1, -0.05) is 13.2 Å². The SMILES string of the molecule is C=C(COC(C)(C)C(=C)C(=O)O)C(=O)O. The number of carboxylic acids is 2. The van der Waals surface area contributed by atoms with Crippen LogP contribution in [0.25, 0.3) is 0 Å². The van der Waals surface area contributed by atoms with Gasteiger partial charge in [0.25, 0.3) is 0 Å². The van der Waals surface area contributed by atoms with E-state index in [4.69, 9.17) is 14.9 Å². The van der Waals surface area contributed by atoms with E-state index in [1.165, 1.54) is 13.8 Å². The lowest BCUT2D eigenvalue weighted by atomic mass is 10.00. The van der Waals surface area contributed by atoms with E-state index >= 15 is 0 Å². The molecule has 84 valence electrons. The van der Waals surface area contributed by atoms with E-state index in [-0.39, 0.29) is 17.8 Å². The first-order chi connectivity index (χ1) is 6.68. The largest absolute Gasteiger partial charge is 0.478 e. The Morgan fingerprint density at radius 2 is 1.67 bits per heavy atom. The predicted molar refractivity (Wildman–Crippen MR) is 53.6 cm³/mol. The van der Waals surface area contributed by atoms with Gasteiger partial charge in [-0.15, -0.1) is 0 Å². The van der Waals surface area contributed by atoms with Crippen LogP contribution >= 0.6 is 0 Å². The molecule has 0 aromatic rings. The first-order valence-electron chi connectivity index (χ1n) is 4.16. The molecule has 0 aromatic heterocycles. The van der Waals surface area contributed by atoms with Gasteiger partial charge in [0, 0.05) is 0 Å². The van der Waals surface area contributed by atoms with Crippen LogP contribution in [0.5, 0.6) is 0 Å². The lowest BCUT2D eigenvalue weighted by Crippen LogP contribution is -2.32. The fourth-order valence-electron chi connectivity index (χ4n) is 0.674. The highest BCUT2D eigenvalue weighted by molar-refractivity contribution is 5.88. The number of carbonyl (C=O) groups is 2. The molecule has 0 aliphatic carbocycles. The molecule has 0 saturated carbocycles. The Kier molecular flexibility index (Phi) is 4.23. The molecule has 0 unspecified atom stereocenters. The quantitative estimate of drug-likeness (QED) is 0.646. The highest BCUT2D eigenvalue weighted by atomic mass is 16.5. The van der Waals surface area contributed by atoms with E-state index in [0.29, 0.717) is 0 Å². The zero-order chi connectivity index (χ0) is 12.2. The van der Waals surface area contributed by atoms with Crippen molar-refractivity contribution in [2.24, 2.45) is 0 Å². The van der Waals surface area contributed by atoms with Crippen molar-refractivity contribution in [3.05, 3.63) is 24.3 Å². The number of carboxylic acid groups (broad SMARTS) is 2. The average molecular weight is 214 g/mol. The van der Waals surface area contributed by atoms with E-state index in [9.17, 15) is 9.59 Å². The first kappa shape index (κ1) is 13.4. The van der Waals surface area contributed by atoms with Gasteiger partial charge in [0.15, 0.2) is 0 Å². The zero-order valence-corrected chi connectivity index (χ0v) is 8.74. The van der Waals surface area contributed by atoms with Gasteiger partial charge in [-0.2, -0.15) is 0 Å². The Hall–Kier alpha value is -1.62. The Bertz CT molecular complexity index is 314. The maximum Gasteiger partial charge on any atom is 0.333 e. The zero-order valence-electron chi connectivity index (χ0n) is 8.74. The maximum atomic E-state index is 10.6. The molecule has 5 nitrogen and oxygen atoms in total. The van der Waals surface area contributed by atoms with Gasteiger partial charge >= 0.3 is 11.9 Å². The topological polar surface area (TPSA) is 83.8 Å². The van der Waals surface area contributed by atoms with Gasteiger partial charge < -0.3 is 14.9 Å². The minimum absolute atomic E-state index is 0.138. The number of hydrogen-bond donors (Lipinski definition) is 2. The highest BCUT2D eigenvalue weighted by Gasteiger charge is 2.28. The van der Waals surface area contributed by atoms with E-state index in [1.807, 2.05) is 0 Å². The number of aliphatic carboxylic acids is 2. The number of rotatable bonds is 6. The summed E-state index contributed by atoms with van der Waals surface area (Å²) < 4.78 is 5.11. The monoisotopic (exact) mass is 214 g/mol. The summed E-state index contributed by atoms with van der Waals surface area (Å²) in [5, 5.41) is 17.2. The average Bonchev–Trinajstić information content (AvgIpc) is 2.12. The molecule has 0 radical (unpaired) electrons. The molecule has 0 amide bonds. The molecule has 0 bridgehead atoms. The minimum Gasteiger partial charge on any atom is -0.478 e. The predicted octanol–water partition coefficient (Wildman–Crippen LogP) is 1.06. The molecule has 15 heavy (non-hydrogen) atoms. The molecular formula is C10H14O5. The second kappa shape index (κ2) is 4.75. The summed E-state index contributed by atoms with van der Waals surface area (Å²) in [7, 11) is 0. The summed E-state index contributed by atoms with van der Waals surface area (Å²) in [5.41, 5.74) is -1.40. The number of hydrogen-bond acceptors (Lipinski definition) is 3. The fourth-order valence-corrected chi connectivity index (χ4v) is 0.674. The smallest absolute Gasteiger partial charge is 0.333 e. The maximum absolute atomic E-state index is 10.6. The standard InChI is InChI=1S/C10H14O5/c1-6(8(11)12)5-15-10(3,4)7(2)9(13)14/h1-2,5H2,3-4H3,(H,11,12)(H,13,14). The summed E-state index contributed by atoms with van der Waals surface area (Å²) in [6.07, 6.45) is 0. The molecule has 0 rings (SSSR count). The van der Waals surface area contributed by atoms with Crippen LogP contribution in [0.2, 0.25) is 0 Å². The van der Waals surface area contributed by atoms with E-state index in [2.05, 4.69) is 13.2 Å². The van der Waals surface area contributed by atoms with Crippen molar-refractivity contribution in [3.8, 4) is 0 Å². The van der Waals surface area contributed by atoms with Crippen molar-refractivity contribution in [1.82, 2.24) is 0 Å². The van der Waals surface area contributed by atoms with Crippen LogP contribution in [-0.2, 0) is 14.3 Å². The molecule has 0 heterocycles. The number of ether oxygens (including phenoxy) is 1. The van der Waals surface area contributed by atoms with Crippen LogP contribution in [0.3, 0.4) is 0 Å². The first-order valence-corrected chi connectivity index (χ1v) is 4.16. The summed E-state index contributed by atoms with van der Waals surface area (Å²) in [6, 6.07) is 0. The van der Waals surface area contributed by atoms with Crippen LogP contribution in [0.15, 0.2) is 24.3 Å². The van der Waals surface area contributed by atoms with Crippen molar-refractivity contribution in [1.29, 1.82) is 0 Å². The molecule has 5 heteroatoms. The van der Waals surface area contributed by atoms with Crippen molar-refractivity contribution >= 4 is 11.9 Å². The van der Waals surface area contributed by atoms with E-state index in [1.54, 1.807) is 0 Å². The van der Waals surface area contributed by atoms with Gasteiger partial charge in [-0.25, -0.2) is 9.59 Å². The molecular weight excluding hydrogens is 200 g/mol. The van der Waals surface area contributed by atoms with E-state index < -0.39 is 17.5 Å². The van der Waals surface area contributed by atoms with Crippen LogP contribution in [0, 0.1) is 0 Å². The van der Waals surface area contributed by atoms with Crippen LogP contribution in [-0.4, -0.2) is 34.4 Å². The van der Waals surface area contributed by atoms with Crippen molar-refractivity contribution in [2.45, 2.75) is 19.4 Å². The summed E-state index contributed by atoms with van der Waals surface area (Å²) >= 11 is 0. The van der Waals surface area contributed by atoms with Gasteiger partial charge in [0.1, 0.15) is 0 Å². The Balaban J connectivity index is 4.40. The van der Waals surface area contributed by atoms with Crippen molar-refractivity contribution < 1.29 is 24.5 Å². The third kappa shape index (κ3) is 3.95. The summed E-state index contributed by atoms with van der Waals surface area (Å²) in [6.45, 7) is 9.36. The van der Waals surface area contributed by atoms with Gasteiger partial charge in [0.05, 0.1) is 23.4 Å². The minimum atomic E-state index is -1.18.